The summed E-state index contributed by atoms with van der Waals surface area (Å²) in [4.78, 5) is 27.6. The van der Waals surface area contributed by atoms with E-state index in [4.69, 9.17) is 18.9 Å². The fourth-order valence-electron chi connectivity index (χ4n) is 14.4. The van der Waals surface area contributed by atoms with Crippen molar-refractivity contribution in [3.05, 3.63) is 35.9 Å². The van der Waals surface area contributed by atoms with Gasteiger partial charge in [0.15, 0.2) is 6.10 Å². The Balaban J connectivity index is 1.01. The first-order chi connectivity index (χ1) is 24.4. The lowest BCUT2D eigenvalue weighted by Gasteiger charge is -2.63. The number of aliphatic hydroxyl groups is 2. The molecule has 0 aromatic heterocycles. The lowest BCUT2D eigenvalue weighted by molar-refractivity contribution is -0.244. The van der Waals surface area contributed by atoms with Crippen molar-refractivity contribution in [3.63, 3.8) is 0 Å². The molecule has 1 aromatic carbocycles. The number of rotatable bonds is 7. The van der Waals surface area contributed by atoms with Gasteiger partial charge in [0.1, 0.15) is 0 Å². The summed E-state index contributed by atoms with van der Waals surface area (Å²) in [6.45, 7) is 18.2. The fourth-order valence-corrected chi connectivity index (χ4v) is 14.4. The van der Waals surface area contributed by atoms with Crippen molar-refractivity contribution in [2.75, 3.05) is 13.2 Å². The first kappa shape index (κ1) is 36.9. The molecule has 14 atom stereocenters. The van der Waals surface area contributed by atoms with Crippen LogP contribution in [0.5, 0.6) is 0 Å². The minimum Gasteiger partial charge on any atom is -0.457 e. The third-order valence-electron chi connectivity index (χ3n) is 16.7. The average Bonchev–Trinajstić information content (AvgIpc) is 3.71. The van der Waals surface area contributed by atoms with Gasteiger partial charge in [-0.2, -0.15) is 0 Å². The van der Waals surface area contributed by atoms with Crippen molar-refractivity contribution >= 4 is 11.9 Å². The number of fused-ring (bicyclic) bond motifs is 4. The monoisotopic (exact) mass is 721 g/mol. The van der Waals surface area contributed by atoms with Gasteiger partial charge in [-0.15, -0.1) is 0 Å². The summed E-state index contributed by atoms with van der Waals surface area (Å²) in [5, 5.41) is 23.7. The second-order valence-electron chi connectivity index (χ2n) is 19.8. The van der Waals surface area contributed by atoms with Crippen molar-refractivity contribution in [2.45, 2.75) is 156 Å². The van der Waals surface area contributed by atoms with Gasteiger partial charge in [0.25, 0.3) is 5.91 Å². The maximum atomic E-state index is 13.6. The summed E-state index contributed by atoms with van der Waals surface area (Å²) in [5.41, 5.74) is -0.327. The highest BCUT2D eigenvalue weighted by Crippen LogP contribution is 2.89. The van der Waals surface area contributed by atoms with Crippen LogP contribution in [0.4, 0.5) is 0 Å². The summed E-state index contributed by atoms with van der Waals surface area (Å²) >= 11 is 0. The maximum Gasteiger partial charge on any atom is 0.303 e. The zero-order valence-electron chi connectivity index (χ0n) is 32.7. The smallest absolute Gasteiger partial charge is 0.303 e. The highest BCUT2D eigenvalue weighted by molar-refractivity contribution is 5.80. The molecule has 2 spiro atoms. The van der Waals surface area contributed by atoms with Gasteiger partial charge >= 0.3 is 5.97 Å². The molecule has 5 saturated carbocycles. The van der Waals surface area contributed by atoms with Crippen molar-refractivity contribution in [1.29, 1.82) is 0 Å². The van der Waals surface area contributed by atoms with Crippen LogP contribution in [0.1, 0.15) is 112 Å². The average molecular weight is 722 g/mol. The number of morpholine rings is 1. The number of amides is 1. The van der Waals surface area contributed by atoms with E-state index in [1.807, 2.05) is 23.1 Å². The normalized spacial score (nSPS) is 46.9. The van der Waals surface area contributed by atoms with Crippen LogP contribution in [0.15, 0.2) is 30.3 Å². The number of nitrogens with zero attached hydrogens (tertiary/aromatic N) is 1. The van der Waals surface area contributed by atoms with Crippen LogP contribution in [0.2, 0.25) is 0 Å². The zero-order chi connectivity index (χ0) is 37.2. The van der Waals surface area contributed by atoms with E-state index < -0.39 is 36.2 Å². The van der Waals surface area contributed by atoms with Crippen molar-refractivity contribution in [2.24, 2.45) is 50.7 Å². The molecule has 7 fully saturated rings. The predicted molar refractivity (Wildman–Crippen MR) is 194 cm³/mol. The van der Waals surface area contributed by atoms with Crippen LogP contribution in [0, 0.1) is 50.7 Å². The maximum absolute atomic E-state index is 13.6. The predicted octanol–water partition coefficient (Wildman–Crippen LogP) is 6.27. The molecule has 7 aliphatic rings. The lowest BCUT2D eigenvalue weighted by Crippen LogP contribution is -2.60. The molecule has 2 heterocycles. The minimum absolute atomic E-state index is 0.0699. The minimum atomic E-state index is -1.27. The van der Waals surface area contributed by atoms with Gasteiger partial charge in [-0.1, -0.05) is 65.0 Å². The Morgan fingerprint density at radius 2 is 1.73 bits per heavy atom. The highest BCUT2D eigenvalue weighted by atomic mass is 16.7. The van der Waals surface area contributed by atoms with E-state index in [-0.39, 0.29) is 57.0 Å². The number of esters is 1. The molecular weight excluding hydrogens is 658 g/mol. The summed E-state index contributed by atoms with van der Waals surface area (Å²) < 4.78 is 25.3. The molecule has 5 aliphatic carbocycles. The van der Waals surface area contributed by atoms with Gasteiger partial charge in [-0.3, -0.25) is 9.59 Å². The number of aliphatic hydroxyl groups excluding tert-OH is 1. The number of hydrogen-bond acceptors (Lipinski definition) is 8. The molecule has 1 aromatic rings. The Morgan fingerprint density at radius 3 is 2.42 bits per heavy atom. The summed E-state index contributed by atoms with van der Waals surface area (Å²) in [5.74, 6) is 0.765. The second-order valence-corrected chi connectivity index (χ2v) is 19.8. The number of hydrogen-bond donors (Lipinski definition) is 2. The van der Waals surface area contributed by atoms with E-state index >= 15 is 0 Å². The number of carbonyl (C=O) groups is 2. The molecule has 8 rings (SSSR count). The molecule has 9 nitrogen and oxygen atoms in total. The van der Waals surface area contributed by atoms with Crippen LogP contribution in [-0.2, 0) is 35.1 Å². The molecule has 9 heteroatoms. The van der Waals surface area contributed by atoms with Crippen molar-refractivity contribution in [3.8, 4) is 0 Å². The Labute approximate surface area is 310 Å². The van der Waals surface area contributed by atoms with E-state index in [2.05, 4.69) is 46.8 Å². The van der Waals surface area contributed by atoms with Crippen LogP contribution >= 0.6 is 0 Å². The third-order valence-corrected chi connectivity index (χ3v) is 16.7. The largest absolute Gasteiger partial charge is 0.457 e. The fraction of sp³-hybridized carbons (Fsp3) is 0.814. The molecule has 0 radical (unpaired) electrons. The SMILES string of the molecule is CC(=O)O[C@@H](C1C[C@@H](C)[C@H]2C(O1)[C@H](O)[C@@]1(C)C3CC[C@H]4C(C)(C)C(OC5OCCN(Cc6ccccc6)C5=O)CC[C@@]45C[C@@]35CC[C@]21C)C(C)(C)O. The van der Waals surface area contributed by atoms with Gasteiger partial charge in [0.05, 0.1) is 36.6 Å². The van der Waals surface area contributed by atoms with Crippen LogP contribution < -0.4 is 0 Å². The van der Waals surface area contributed by atoms with E-state index in [1.54, 1.807) is 13.8 Å². The molecule has 0 bridgehead atoms. The number of ether oxygens (including phenoxy) is 4. The van der Waals surface area contributed by atoms with Crippen LogP contribution in [0.25, 0.3) is 0 Å². The number of benzene rings is 1. The van der Waals surface area contributed by atoms with Gasteiger partial charge in [0.2, 0.25) is 6.29 Å². The third kappa shape index (κ3) is 5.10. The standard InChI is InChI=1S/C43H63NO8/c1-25-22-28(35(39(5,6)48)50-26(2)45)51-33-32(25)40(7)18-19-43-24-42(43)17-16-31(38(3,4)29(42)14-15-30(43)41(40,8)34(33)46)52-37-36(47)44(20-21-49-37)23-27-12-10-9-11-13-27/h9-13,25,28-35,37,46,48H,14-24H2,1-8H3/t25-,28?,29+,30?,31?,32+,33?,34+,35+,37?,40-,41-,42-,43+/m1/s1. The molecule has 52 heavy (non-hydrogen) atoms. The Bertz CT molecular complexity index is 1560. The number of carbonyl (C=O) groups excluding carboxylic acids is 2. The summed E-state index contributed by atoms with van der Waals surface area (Å²) in [6, 6.07) is 10.1. The van der Waals surface area contributed by atoms with Crippen molar-refractivity contribution in [1.82, 2.24) is 4.90 Å². The first-order valence-corrected chi connectivity index (χ1v) is 20.2. The van der Waals surface area contributed by atoms with Gasteiger partial charge < -0.3 is 34.1 Å². The Morgan fingerprint density at radius 1 is 1.04 bits per heavy atom. The van der Waals surface area contributed by atoms with Gasteiger partial charge in [0, 0.05) is 25.4 Å². The van der Waals surface area contributed by atoms with E-state index in [0.717, 1.165) is 37.7 Å². The molecule has 2 N–H and O–H groups in total. The quantitative estimate of drug-likeness (QED) is 0.317. The van der Waals surface area contributed by atoms with Gasteiger partial charge in [-0.05, 0) is 116 Å². The van der Waals surface area contributed by atoms with Crippen molar-refractivity contribution < 1.29 is 38.7 Å². The zero-order valence-corrected chi connectivity index (χ0v) is 32.7. The summed E-state index contributed by atoms with van der Waals surface area (Å²) in [6.07, 6.45) is 4.99. The molecule has 1 amide bonds. The Kier molecular flexibility index (Phi) is 8.68. The van der Waals surface area contributed by atoms with E-state index in [1.165, 1.54) is 19.8 Å². The highest BCUT2D eigenvalue weighted by Gasteiger charge is 2.84. The topological polar surface area (TPSA) is 115 Å². The molecular formula is C43H63NO8. The van der Waals surface area contributed by atoms with Crippen LogP contribution in [-0.4, -0.2) is 82.6 Å². The van der Waals surface area contributed by atoms with Gasteiger partial charge in [-0.25, -0.2) is 0 Å². The first-order valence-electron chi connectivity index (χ1n) is 20.2. The Hall–Kier alpha value is -2.04. The molecule has 2 saturated heterocycles. The molecule has 288 valence electrons. The van der Waals surface area contributed by atoms with Crippen LogP contribution in [0.3, 0.4) is 0 Å². The molecule has 2 aliphatic heterocycles. The summed E-state index contributed by atoms with van der Waals surface area (Å²) in [7, 11) is 0. The van der Waals surface area contributed by atoms with E-state index in [0.29, 0.717) is 38.0 Å². The lowest BCUT2D eigenvalue weighted by atomic mass is 9.41. The van der Waals surface area contributed by atoms with E-state index in [9.17, 15) is 19.8 Å². The second kappa shape index (κ2) is 12.2. The molecule has 5 unspecified atom stereocenters.